The Labute approximate surface area is 182 Å². The molecule has 0 bridgehead atoms. The Bertz CT molecular complexity index is 938. The molecule has 5 nitrogen and oxygen atoms in total. The molecule has 7 heteroatoms. The summed E-state index contributed by atoms with van der Waals surface area (Å²) >= 11 is 8.59. The van der Waals surface area contributed by atoms with Crippen LogP contribution in [0.25, 0.3) is 6.08 Å². The molecule has 0 aliphatic carbocycles. The molecule has 0 unspecified atom stereocenters. The second-order valence-corrected chi connectivity index (χ2v) is 7.61. The Morgan fingerprint density at radius 2 is 1.93 bits per heavy atom. The molecule has 0 fully saturated rings. The lowest BCUT2D eigenvalue weighted by Crippen LogP contribution is -2.05. The highest BCUT2D eigenvalue weighted by atomic mass is 127. The van der Waals surface area contributed by atoms with Crippen molar-refractivity contribution in [2.45, 2.75) is 20.3 Å². The molecule has 0 radical (unpaired) electrons. The minimum atomic E-state index is -0.506. The summed E-state index contributed by atoms with van der Waals surface area (Å²) in [5.41, 5.74) is 1.62. The van der Waals surface area contributed by atoms with Gasteiger partial charge in [-0.25, -0.2) is 9.79 Å². The zero-order valence-corrected chi connectivity index (χ0v) is 18.4. The molecule has 1 aliphatic rings. The van der Waals surface area contributed by atoms with Crippen LogP contribution >= 0.6 is 34.2 Å². The van der Waals surface area contributed by atoms with Crippen molar-refractivity contribution < 1.29 is 19.0 Å². The zero-order valence-electron chi connectivity index (χ0n) is 15.5. The van der Waals surface area contributed by atoms with Crippen molar-refractivity contribution >= 4 is 52.1 Å². The zero-order chi connectivity index (χ0) is 20.1. The van der Waals surface area contributed by atoms with Gasteiger partial charge in [-0.2, -0.15) is 0 Å². The van der Waals surface area contributed by atoms with Gasteiger partial charge >= 0.3 is 5.97 Å². The van der Waals surface area contributed by atoms with Crippen LogP contribution in [-0.4, -0.2) is 25.1 Å². The van der Waals surface area contributed by atoms with Gasteiger partial charge in [0.2, 0.25) is 5.90 Å². The van der Waals surface area contributed by atoms with Gasteiger partial charge in [0.25, 0.3) is 0 Å². The number of cyclic esters (lactones) is 1. The first-order chi connectivity index (χ1) is 13.5. The predicted octanol–water partition coefficient (Wildman–Crippen LogP) is 5.48. The molecule has 2 aromatic rings. The first-order valence-electron chi connectivity index (χ1n) is 8.89. The van der Waals surface area contributed by atoms with Gasteiger partial charge < -0.3 is 14.2 Å². The Morgan fingerprint density at radius 3 is 2.61 bits per heavy atom. The molecule has 28 heavy (non-hydrogen) atoms. The topological polar surface area (TPSA) is 57.1 Å². The van der Waals surface area contributed by atoms with Gasteiger partial charge in [-0.15, -0.1) is 0 Å². The lowest BCUT2D eigenvalue weighted by molar-refractivity contribution is -0.129. The molecule has 0 aromatic heterocycles. The smallest absolute Gasteiger partial charge is 0.363 e. The van der Waals surface area contributed by atoms with E-state index in [4.69, 9.17) is 25.8 Å². The monoisotopic (exact) mass is 511 g/mol. The van der Waals surface area contributed by atoms with Gasteiger partial charge in [-0.1, -0.05) is 18.5 Å². The van der Waals surface area contributed by atoms with Crippen molar-refractivity contribution in [1.29, 1.82) is 0 Å². The molecule has 0 saturated heterocycles. The average Bonchev–Trinajstić information content (AvgIpc) is 3.02. The summed E-state index contributed by atoms with van der Waals surface area (Å²) in [6.07, 6.45) is 2.48. The number of aliphatic imine (C=N–C) groups is 1. The molecule has 0 N–H and O–H groups in total. The van der Waals surface area contributed by atoms with Gasteiger partial charge in [0, 0.05) is 9.13 Å². The normalized spacial score (nSPS) is 14.8. The molecule has 146 valence electrons. The SMILES string of the molecule is CCCOc1c(Cl)cc(/C=C2\N=C(c3ccc(I)cc3)OC2=O)cc1OCC. The number of carbonyl (C=O) groups excluding carboxylic acids is 1. The molecule has 1 heterocycles. The van der Waals surface area contributed by atoms with E-state index >= 15 is 0 Å². The summed E-state index contributed by atoms with van der Waals surface area (Å²) in [5, 5.41) is 0.416. The van der Waals surface area contributed by atoms with E-state index < -0.39 is 5.97 Å². The number of rotatable bonds is 7. The van der Waals surface area contributed by atoms with Gasteiger partial charge in [0.05, 0.1) is 18.2 Å². The van der Waals surface area contributed by atoms with Crippen LogP contribution in [0.1, 0.15) is 31.4 Å². The maximum Gasteiger partial charge on any atom is 0.363 e. The Kier molecular flexibility index (Phi) is 6.96. The maximum atomic E-state index is 12.2. The fourth-order valence-electron chi connectivity index (χ4n) is 2.56. The number of esters is 1. The third kappa shape index (κ3) is 4.86. The second kappa shape index (κ2) is 9.43. The van der Waals surface area contributed by atoms with Crippen molar-refractivity contribution in [3.8, 4) is 11.5 Å². The summed E-state index contributed by atoms with van der Waals surface area (Å²) in [7, 11) is 0. The third-order valence-corrected chi connectivity index (χ3v) is 4.80. The number of nitrogens with zero attached hydrogens (tertiary/aromatic N) is 1. The van der Waals surface area contributed by atoms with Crippen LogP contribution in [0, 0.1) is 3.57 Å². The number of ether oxygens (including phenoxy) is 3. The van der Waals surface area contributed by atoms with Gasteiger partial charge in [0.1, 0.15) is 0 Å². The van der Waals surface area contributed by atoms with Crippen molar-refractivity contribution in [1.82, 2.24) is 0 Å². The van der Waals surface area contributed by atoms with Gasteiger partial charge in [-0.05, 0) is 84.0 Å². The van der Waals surface area contributed by atoms with Crippen LogP contribution in [0.4, 0.5) is 0 Å². The van der Waals surface area contributed by atoms with E-state index in [0.29, 0.717) is 35.3 Å². The van der Waals surface area contributed by atoms with E-state index in [2.05, 4.69) is 27.6 Å². The number of carbonyl (C=O) groups is 1. The molecule has 0 spiro atoms. The van der Waals surface area contributed by atoms with E-state index in [9.17, 15) is 4.79 Å². The van der Waals surface area contributed by atoms with Crippen LogP contribution in [0.3, 0.4) is 0 Å². The van der Waals surface area contributed by atoms with E-state index in [1.165, 1.54) is 0 Å². The highest BCUT2D eigenvalue weighted by Gasteiger charge is 2.24. The summed E-state index contributed by atoms with van der Waals surface area (Å²) in [4.78, 5) is 16.6. The molecule has 0 amide bonds. The van der Waals surface area contributed by atoms with E-state index in [1.807, 2.05) is 38.1 Å². The average molecular weight is 512 g/mol. The molecular formula is C21H19ClINO4. The highest BCUT2D eigenvalue weighted by Crippen LogP contribution is 2.37. The summed E-state index contributed by atoms with van der Waals surface area (Å²) in [6, 6.07) is 11.1. The minimum Gasteiger partial charge on any atom is -0.490 e. The van der Waals surface area contributed by atoms with Crippen LogP contribution in [0.5, 0.6) is 11.5 Å². The van der Waals surface area contributed by atoms with Crippen molar-refractivity contribution in [2.75, 3.05) is 13.2 Å². The highest BCUT2D eigenvalue weighted by molar-refractivity contribution is 14.1. The second-order valence-electron chi connectivity index (χ2n) is 5.95. The van der Waals surface area contributed by atoms with E-state index in [1.54, 1.807) is 18.2 Å². The number of hydrogen-bond donors (Lipinski definition) is 0. The maximum absolute atomic E-state index is 12.2. The number of benzene rings is 2. The lowest BCUT2D eigenvalue weighted by Gasteiger charge is -2.14. The van der Waals surface area contributed by atoms with Crippen LogP contribution in [0.15, 0.2) is 47.1 Å². The lowest BCUT2D eigenvalue weighted by atomic mass is 10.1. The molecule has 2 aromatic carbocycles. The Hall–Kier alpha value is -2.06. The van der Waals surface area contributed by atoms with Crippen molar-refractivity contribution in [2.24, 2.45) is 4.99 Å². The van der Waals surface area contributed by atoms with Crippen LogP contribution < -0.4 is 9.47 Å². The molecule has 0 saturated carbocycles. The number of halogens is 2. The summed E-state index contributed by atoms with van der Waals surface area (Å²) in [5.74, 6) is 0.814. The van der Waals surface area contributed by atoms with E-state index in [0.717, 1.165) is 15.6 Å². The Morgan fingerprint density at radius 1 is 1.18 bits per heavy atom. The first-order valence-corrected chi connectivity index (χ1v) is 10.3. The summed E-state index contributed by atoms with van der Waals surface area (Å²) in [6.45, 7) is 4.91. The molecule has 1 aliphatic heterocycles. The Balaban J connectivity index is 1.93. The number of hydrogen-bond acceptors (Lipinski definition) is 5. The standard InChI is InChI=1S/C21H19ClINO4/c1-3-9-27-19-16(22)10-13(12-18(19)26-4-2)11-17-21(25)28-20(24-17)14-5-7-15(23)8-6-14/h5-8,10-12H,3-4,9H2,1-2H3/b17-11-. The summed E-state index contributed by atoms with van der Waals surface area (Å²) < 4.78 is 17.8. The third-order valence-electron chi connectivity index (χ3n) is 3.80. The first kappa shape index (κ1) is 20.7. The van der Waals surface area contributed by atoms with E-state index in [-0.39, 0.29) is 11.6 Å². The quantitative estimate of drug-likeness (QED) is 0.281. The van der Waals surface area contributed by atoms with Crippen LogP contribution in [0.2, 0.25) is 5.02 Å². The largest absolute Gasteiger partial charge is 0.490 e. The minimum absolute atomic E-state index is 0.203. The predicted molar refractivity (Wildman–Crippen MR) is 118 cm³/mol. The van der Waals surface area contributed by atoms with Crippen molar-refractivity contribution in [3.05, 3.63) is 61.8 Å². The molecule has 0 atom stereocenters. The molecule has 3 rings (SSSR count). The van der Waals surface area contributed by atoms with Gasteiger partial charge in [-0.3, -0.25) is 0 Å². The van der Waals surface area contributed by atoms with Gasteiger partial charge in [0.15, 0.2) is 17.2 Å². The fraction of sp³-hybridized carbons (Fsp3) is 0.238. The van der Waals surface area contributed by atoms with Crippen molar-refractivity contribution in [3.63, 3.8) is 0 Å². The fourth-order valence-corrected chi connectivity index (χ4v) is 3.19. The van der Waals surface area contributed by atoms with Crippen LogP contribution in [-0.2, 0) is 9.53 Å². The molecular weight excluding hydrogens is 493 g/mol.